The normalized spacial score (nSPS) is 11.3. The maximum absolute atomic E-state index is 12.3. The van der Waals surface area contributed by atoms with E-state index >= 15 is 0 Å². The third kappa shape index (κ3) is 5.66. The van der Waals surface area contributed by atoms with Crippen molar-refractivity contribution in [2.24, 2.45) is 5.92 Å². The Balaban J connectivity index is 6.00. The number of carbonyl (C=O) groups excluding carboxylic acids is 1. The first-order chi connectivity index (χ1) is 10.9. The number of ether oxygens (including phenoxy) is 1. The lowest BCUT2D eigenvalue weighted by atomic mass is 10.2. The summed E-state index contributed by atoms with van der Waals surface area (Å²) in [4.78, 5) is 16.2. The molecule has 0 atom stereocenters. The van der Waals surface area contributed by atoms with E-state index in [1.54, 1.807) is 44.2 Å². The Morgan fingerprint density at radius 3 is 1.48 bits per heavy atom. The zero-order valence-electron chi connectivity index (χ0n) is 14.5. The van der Waals surface area contributed by atoms with E-state index in [1.165, 1.54) is 0 Å². The fourth-order valence-corrected chi connectivity index (χ4v) is 2.19. The van der Waals surface area contributed by atoms with Crippen molar-refractivity contribution in [1.82, 2.24) is 9.80 Å². The highest BCUT2D eigenvalue weighted by Gasteiger charge is 2.42. The van der Waals surface area contributed by atoms with Crippen LogP contribution in [0.1, 0.15) is 13.8 Å². The van der Waals surface area contributed by atoms with Crippen LogP contribution >= 0.6 is 0 Å². The van der Waals surface area contributed by atoms with Crippen LogP contribution in [0.3, 0.4) is 0 Å². The monoisotopic (exact) mass is 318 g/mol. The van der Waals surface area contributed by atoms with Gasteiger partial charge in [0.25, 0.3) is 0 Å². The molecule has 0 saturated heterocycles. The van der Waals surface area contributed by atoms with E-state index in [1.807, 2.05) is 9.80 Å². The van der Waals surface area contributed by atoms with E-state index < -0.39 is 5.85 Å². The van der Waals surface area contributed by atoms with Gasteiger partial charge in [-0.2, -0.15) is 0 Å². The molecule has 0 bridgehead atoms. The molecule has 0 aliphatic rings. The van der Waals surface area contributed by atoms with E-state index in [9.17, 15) is 4.79 Å². The topological polar surface area (TPSA) is 32.8 Å². The van der Waals surface area contributed by atoms with Crippen molar-refractivity contribution in [1.29, 1.82) is 0 Å². The number of rotatable bonds is 13. The van der Waals surface area contributed by atoms with Crippen LogP contribution in [0.4, 0.5) is 0 Å². The summed E-state index contributed by atoms with van der Waals surface area (Å²) in [5.74, 6) is -1.68. The molecule has 0 spiro atoms. The van der Waals surface area contributed by atoms with Gasteiger partial charge in [0.2, 0.25) is 5.85 Å². The molecule has 4 nitrogen and oxygen atoms in total. The highest BCUT2D eigenvalue weighted by molar-refractivity contribution is 5.72. The Morgan fingerprint density at radius 1 is 0.913 bits per heavy atom. The first-order valence-electron chi connectivity index (χ1n) is 7.73. The van der Waals surface area contributed by atoms with Crippen LogP contribution in [0.25, 0.3) is 0 Å². The predicted octanol–water partition coefficient (Wildman–Crippen LogP) is 3.37. The Bertz CT molecular complexity index is 397. The molecule has 4 heteroatoms. The highest BCUT2D eigenvalue weighted by atomic mass is 16.6. The molecule has 0 unspecified atom stereocenters. The van der Waals surface area contributed by atoms with Gasteiger partial charge in [-0.15, -0.1) is 26.3 Å². The number of esters is 1. The molecule has 0 aliphatic carbocycles. The summed E-state index contributed by atoms with van der Waals surface area (Å²) in [6, 6.07) is 0. The molecule has 0 heterocycles. The lowest BCUT2D eigenvalue weighted by Crippen LogP contribution is -2.62. The number of hydrogen-bond acceptors (Lipinski definition) is 4. The van der Waals surface area contributed by atoms with Gasteiger partial charge in [0, 0.05) is 26.2 Å². The molecule has 128 valence electrons. The number of hydrogen-bond donors (Lipinski definition) is 0. The molecule has 0 saturated carbocycles. The molecule has 0 aromatic carbocycles. The third-order valence-corrected chi connectivity index (χ3v) is 3.29. The zero-order valence-corrected chi connectivity index (χ0v) is 14.5. The number of nitrogens with zero attached hydrogens (tertiary/aromatic N) is 2. The highest BCUT2D eigenvalue weighted by Crippen LogP contribution is 2.26. The summed E-state index contributed by atoms with van der Waals surface area (Å²) in [5.41, 5.74) is 0. The van der Waals surface area contributed by atoms with E-state index in [-0.39, 0.29) is 11.9 Å². The molecule has 0 rings (SSSR count). The maximum Gasteiger partial charge on any atom is 0.311 e. The third-order valence-electron chi connectivity index (χ3n) is 3.29. The van der Waals surface area contributed by atoms with Crippen LogP contribution in [0.2, 0.25) is 0 Å². The van der Waals surface area contributed by atoms with E-state index in [0.29, 0.717) is 26.2 Å². The molecule has 0 N–H and O–H groups in total. The largest absolute Gasteiger partial charge is 0.426 e. The van der Waals surface area contributed by atoms with E-state index in [2.05, 4.69) is 32.9 Å². The first-order valence-corrected chi connectivity index (χ1v) is 7.73. The molecule has 0 radical (unpaired) electrons. The predicted molar refractivity (Wildman–Crippen MR) is 97.8 cm³/mol. The SMILES string of the molecule is C=CCN(CC=C)C(C=C)(OC(=O)C(C)C)N(CC=C)CC=C. The van der Waals surface area contributed by atoms with Crippen LogP contribution in [-0.4, -0.2) is 47.8 Å². The van der Waals surface area contributed by atoms with Crippen molar-refractivity contribution in [2.75, 3.05) is 26.2 Å². The van der Waals surface area contributed by atoms with E-state index in [4.69, 9.17) is 4.74 Å². The second-order valence-electron chi connectivity index (χ2n) is 5.40. The van der Waals surface area contributed by atoms with E-state index in [0.717, 1.165) is 0 Å². The average Bonchev–Trinajstić information content (AvgIpc) is 2.52. The molecule has 0 aromatic heterocycles. The van der Waals surface area contributed by atoms with Gasteiger partial charge in [-0.05, 0) is 6.08 Å². The lowest BCUT2D eigenvalue weighted by Gasteiger charge is -2.47. The number of carbonyl (C=O) groups is 1. The lowest BCUT2D eigenvalue weighted by molar-refractivity contribution is -0.213. The van der Waals surface area contributed by atoms with Crippen LogP contribution in [-0.2, 0) is 9.53 Å². The van der Waals surface area contributed by atoms with Gasteiger partial charge in [0.05, 0.1) is 5.92 Å². The summed E-state index contributed by atoms with van der Waals surface area (Å²) in [6.45, 7) is 24.7. The Morgan fingerprint density at radius 2 is 1.26 bits per heavy atom. The summed E-state index contributed by atoms with van der Waals surface area (Å²) >= 11 is 0. The van der Waals surface area contributed by atoms with Crippen LogP contribution in [0.15, 0.2) is 63.3 Å². The maximum atomic E-state index is 12.3. The minimum Gasteiger partial charge on any atom is -0.426 e. The molecule has 0 fully saturated rings. The molecular formula is C19H30N2O2. The van der Waals surface area contributed by atoms with Gasteiger partial charge in [0.15, 0.2) is 0 Å². The van der Waals surface area contributed by atoms with Crippen LogP contribution in [0.5, 0.6) is 0 Å². The first kappa shape index (κ1) is 21.1. The molecule has 0 aliphatic heterocycles. The zero-order chi connectivity index (χ0) is 17.9. The van der Waals surface area contributed by atoms with Gasteiger partial charge in [-0.25, -0.2) is 9.80 Å². The summed E-state index contributed by atoms with van der Waals surface area (Å²) < 4.78 is 5.89. The summed E-state index contributed by atoms with van der Waals surface area (Å²) in [5, 5.41) is 0. The van der Waals surface area contributed by atoms with Crippen LogP contribution < -0.4 is 0 Å². The van der Waals surface area contributed by atoms with Crippen molar-refractivity contribution in [3.63, 3.8) is 0 Å². The average molecular weight is 318 g/mol. The van der Waals surface area contributed by atoms with Crippen LogP contribution in [0, 0.1) is 5.92 Å². The molecule has 0 aromatic rings. The van der Waals surface area contributed by atoms with Crippen molar-refractivity contribution in [2.45, 2.75) is 19.7 Å². The summed E-state index contributed by atoms with van der Waals surface area (Å²) in [7, 11) is 0. The van der Waals surface area contributed by atoms with Gasteiger partial charge >= 0.3 is 5.97 Å². The summed E-state index contributed by atoms with van der Waals surface area (Å²) in [6.07, 6.45) is 8.65. The minimum absolute atomic E-state index is 0.252. The van der Waals surface area contributed by atoms with Gasteiger partial charge in [-0.1, -0.05) is 44.7 Å². The van der Waals surface area contributed by atoms with Gasteiger partial charge in [0.1, 0.15) is 0 Å². The quantitative estimate of drug-likeness (QED) is 0.296. The Kier molecular flexibility index (Phi) is 9.86. The second-order valence-corrected chi connectivity index (χ2v) is 5.40. The Hall–Kier alpha value is -1.91. The minimum atomic E-state index is -1.12. The smallest absolute Gasteiger partial charge is 0.311 e. The molecule has 23 heavy (non-hydrogen) atoms. The fraction of sp³-hybridized carbons (Fsp3) is 0.421. The van der Waals surface area contributed by atoms with Gasteiger partial charge in [-0.3, -0.25) is 4.79 Å². The van der Waals surface area contributed by atoms with Crippen molar-refractivity contribution >= 4 is 5.97 Å². The van der Waals surface area contributed by atoms with Crippen molar-refractivity contribution in [3.05, 3.63) is 63.3 Å². The standard InChI is InChI=1S/C19H30N2O2/c1-8-13-20(14-9-2)19(12-5,23-18(22)17(6)7)21(15-10-3)16-11-4/h8-12,17H,1-5,13-16H2,6-7H3. The van der Waals surface area contributed by atoms with Gasteiger partial charge < -0.3 is 4.74 Å². The second kappa shape index (κ2) is 10.8. The van der Waals surface area contributed by atoms with Crippen molar-refractivity contribution in [3.8, 4) is 0 Å². The molecular weight excluding hydrogens is 288 g/mol. The molecule has 0 amide bonds. The Labute approximate surface area is 141 Å². The van der Waals surface area contributed by atoms with Crippen molar-refractivity contribution < 1.29 is 9.53 Å². The fourth-order valence-electron chi connectivity index (χ4n) is 2.19.